The Balaban J connectivity index is 1.55. The summed E-state index contributed by atoms with van der Waals surface area (Å²) in [5, 5.41) is 13.2. The van der Waals surface area contributed by atoms with Gasteiger partial charge in [0.25, 0.3) is 0 Å². The summed E-state index contributed by atoms with van der Waals surface area (Å²) < 4.78 is 0. The highest BCUT2D eigenvalue weighted by Gasteiger charge is 2.21. The van der Waals surface area contributed by atoms with Crippen molar-refractivity contribution in [1.29, 1.82) is 5.26 Å². The Morgan fingerprint density at radius 3 is 2.81 bits per heavy atom. The number of carbonyl (C=O) groups excluding carboxylic acids is 1. The van der Waals surface area contributed by atoms with E-state index in [9.17, 15) is 10.1 Å². The van der Waals surface area contributed by atoms with Crippen LogP contribution < -0.4 is 5.32 Å². The van der Waals surface area contributed by atoms with E-state index in [4.69, 9.17) is 0 Å². The van der Waals surface area contributed by atoms with Crippen LogP contribution in [-0.4, -0.2) is 24.4 Å². The summed E-state index contributed by atoms with van der Waals surface area (Å²) in [4.78, 5) is 15.9. The Morgan fingerprint density at radius 1 is 1.30 bits per heavy atom. The quantitative estimate of drug-likeness (QED) is 0.797. The summed E-state index contributed by atoms with van der Waals surface area (Å²) in [5.74, 6) is -0.0161. The van der Waals surface area contributed by atoms with E-state index < -0.39 is 0 Å². The molecule has 0 saturated carbocycles. The highest BCUT2D eigenvalue weighted by molar-refractivity contribution is 7.16. The Morgan fingerprint density at radius 2 is 2.07 bits per heavy atom. The smallest absolute Gasteiger partial charge is 0.226 e. The van der Waals surface area contributed by atoms with Crippen molar-refractivity contribution in [3.05, 3.63) is 50.9 Å². The number of hydrogen-bond donors (Lipinski definition) is 1. The molecule has 1 N–H and O–H groups in total. The molecule has 1 aromatic carbocycles. The lowest BCUT2D eigenvalue weighted by Crippen LogP contribution is -2.24. The molecule has 0 saturated heterocycles. The molecule has 2 aromatic rings. The molecular weight excluding hydrogens is 354 g/mol. The molecule has 1 aromatic heterocycles. The minimum atomic E-state index is -0.0161. The first-order valence-electron chi connectivity index (χ1n) is 9.57. The van der Waals surface area contributed by atoms with Crippen LogP contribution in [-0.2, 0) is 24.2 Å². The molecule has 1 heterocycles. The van der Waals surface area contributed by atoms with Gasteiger partial charge in [-0.3, -0.25) is 4.79 Å². The van der Waals surface area contributed by atoms with Crippen LogP contribution in [0.5, 0.6) is 0 Å². The van der Waals surface area contributed by atoms with Gasteiger partial charge < -0.3 is 10.2 Å². The summed E-state index contributed by atoms with van der Waals surface area (Å²) in [6.45, 7) is 5.75. The molecule has 1 amide bonds. The van der Waals surface area contributed by atoms with E-state index in [1.807, 2.05) is 7.05 Å². The maximum atomic E-state index is 12.4. The second-order valence-corrected chi connectivity index (χ2v) is 8.60. The Kier molecular flexibility index (Phi) is 6.30. The molecule has 3 rings (SSSR count). The van der Waals surface area contributed by atoms with E-state index in [1.54, 1.807) is 11.3 Å². The normalized spacial score (nSPS) is 13.3. The molecule has 142 valence electrons. The first kappa shape index (κ1) is 19.6. The molecule has 0 spiro atoms. The van der Waals surface area contributed by atoms with Crippen molar-refractivity contribution in [2.45, 2.75) is 52.5 Å². The fourth-order valence-corrected chi connectivity index (χ4v) is 4.90. The Labute approximate surface area is 165 Å². The summed E-state index contributed by atoms with van der Waals surface area (Å²) in [7, 11) is 2.04. The second kappa shape index (κ2) is 8.69. The number of nitriles is 1. The molecule has 1 aliphatic rings. The number of hydrogen-bond acceptors (Lipinski definition) is 4. The van der Waals surface area contributed by atoms with Crippen LogP contribution in [0.25, 0.3) is 0 Å². The van der Waals surface area contributed by atoms with Gasteiger partial charge in [0.05, 0.1) is 5.56 Å². The van der Waals surface area contributed by atoms with Gasteiger partial charge in [-0.1, -0.05) is 23.8 Å². The van der Waals surface area contributed by atoms with Crippen molar-refractivity contribution >= 4 is 22.2 Å². The first-order valence-corrected chi connectivity index (χ1v) is 10.4. The zero-order valence-corrected chi connectivity index (χ0v) is 17.2. The van der Waals surface area contributed by atoms with E-state index in [0.717, 1.165) is 36.4 Å². The minimum Gasteiger partial charge on any atom is -0.317 e. The average Bonchev–Trinajstić information content (AvgIpc) is 2.99. The lowest BCUT2D eigenvalue weighted by atomic mass is 9.96. The third kappa shape index (κ3) is 4.77. The number of fused-ring (bicyclic) bond motifs is 1. The molecule has 27 heavy (non-hydrogen) atoms. The van der Waals surface area contributed by atoms with Crippen LogP contribution in [0.3, 0.4) is 0 Å². The van der Waals surface area contributed by atoms with Crippen LogP contribution in [0.1, 0.15) is 52.0 Å². The van der Waals surface area contributed by atoms with Gasteiger partial charge in [-0.15, -0.1) is 11.3 Å². The third-order valence-electron chi connectivity index (χ3n) is 5.20. The van der Waals surface area contributed by atoms with Crippen molar-refractivity contribution in [2.24, 2.45) is 0 Å². The van der Waals surface area contributed by atoms with Crippen LogP contribution in [0.2, 0.25) is 0 Å². The molecular formula is C22H27N3OS. The monoisotopic (exact) mass is 381 g/mol. The van der Waals surface area contributed by atoms with Gasteiger partial charge in [0.2, 0.25) is 5.91 Å². The van der Waals surface area contributed by atoms with E-state index in [2.05, 4.69) is 48.3 Å². The summed E-state index contributed by atoms with van der Waals surface area (Å²) in [5.41, 5.74) is 5.70. The highest BCUT2D eigenvalue weighted by Crippen LogP contribution is 2.37. The lowest BCUT2D eigenvalue weighted by Gasteiger charge is -2.18. The fourth-order valence-electron chi connectivity index (χ4n) is 3.65. The van der Waals surface area contributed by atoms with Gasteiger partial charge in [0.15, 0.2) is 0 Å². The number of thiophene rings is 1. The number of amides is 1. The predicted molar refractivity (Wildman–Crippen MR) is 111 cm³/mol. The molecule has 0 bridgehead atoms. The highest BCUT2D eigenvalue weighted by atomic mass is 32.1. The van der Waals surface area contributed by atoms with Gasteiger partial charge in [0.1, 0.15) is 11.1 Å². The van der Waals surface area contributed by atoms with Gasteiger partial charge in [-0.05, 0) is 63.3 Å². The SMILES string of the molecule is Cc1ccc(CN(C)CCC(=O)Nc2sc3c(c2C#N)CCCC3)c(C)c1. The topological polar surface area (TPSA) is 56.1 Å². The number of carbonyl (C=O) groups is 1. The maximum Gasteiger partial charge on any atom is 0.226 e. The average molecular weight is 382 g/mol. The number of benzene rings is 1. The Bertz CT molecular complexity index is 878. The number of nitrogens with zero attached hydrogens (tertiary/aromatic N) is 2. The van der Waals surface area contributed by atoms with Crippen molar-refractivity contribution in [3.63, 3.8) is 0 Å². The van der Waals surface area contributed by atoms with Crippen LogP contribution in [0.4, 0.5) is 5.00 Å². The minimum absolute atomic E-state index is 0.0161. The van der Waals surface area contributed by atoms with Gasteiger partial charge in [-0.25, -0.2) is 0 Å². The van der Waals surface area contributed by atoms with Crippen LogP contribution in [0.15, 0.2) is 18.2 Å². The molecule has 0 fully saturated rings. The molecule has 5 heteroatoms. The number of rotatable bonds is 6. The largest absolute Gasteiger partial charge is 0.317 e. The number of anilines is 1. The second-order valence-electron chi connectivity index (χ2n) is 7.49. The maximum absolute atomic E-state index is 12.4. The molecule has 0 aliphatic heterocycles. The van der Waals surface area contributed by atoms with Crippen molar-refractivity contribution in [3.8, 4) is 6.07 Å². The van der Waals surface area contributed by atoms with Gasteiger partial charge in [-0.2, -0.15) is 5.26 Å². The summed E-state index contributed by atoms with van der Waals surface area (Å²) in [6.07, 6.45) is 4.73. The van der Waals surface area contributed by atoms with Gasteiger partial charge in [0, 0.05) is 24.4 Å². The summed E-state index contributed by atoms with van der Waals surface area (Å²) >= 11 is 1.59. The van der Waals surface area contributed by atoms with Crippen molar-refractivity contribution in [1.82, 2.24) is 4.90 Å². The van der Waals surface area contributed by atoms with Crippen LogP contribution in [0, 0.1) is 25.2 Å². The number of nitrogens with one attached hydrogen (secondary N) is 1. The first-order chi connectivity index (χ1) is 13.0. The third-order valence-corrected chi connectivity index (χ3v) is 6.40. The number of aryl methyl sites for hydroxylation is 3. The van der Waals surface area contributed by atoms with E-state index in [-0.39, 0.29) is 5.91 Å². The molecule has 0 atom stereocenters. The van der Waals surface area contributed by atoms with E-state index in [0.29, 0.717) is 18.5 Å². The predicted octanol–water partition coefficient (Wildman–Crippen LogP) is 4.58. The van der Waals surface area contributed by atoms with Gasteiger partial charge >= 0.3 is 0 Å². The Hall–Kier alpha value is -2.16. The standard InChI is InChI=1S/C22H27N3OS/c1-15-8-9-17(16(2)12-15)14-25(3)11-10-21(26)24-22-19(13-23)18-6-4-5-7-20(18)27-22/h8-9,12H,4-7,10-11,14H2,1-3H3,(H,24,26). The van der Waals surface area contributed by atoms with Crippen molar-refractivity contribution in [2.75, 3.05) is 18.9 Å². The zero-order valence-electron chi connectivity index (χ0n) is 16.4. The lowest BCUT2D eigenvalue weighted by molar-refractivity contribution is -0.116. The molecule has 1 aliphatic carbocycles. The van der Waals surface area contributed by atoms with Crippen molar-refractivity contribution < 1.29 is 4.79 Å². The molecule has 0 radical (unpaired) electrons. The molecule has 0 unspecified atom stereocenters. The zero-order chi connectivity index (χ0) is 19.4. The van der Waals surface area contributed by atoms with E-state index in [1.165, 1.54) is 28.0 Å². The molecule has 4 nitrogen and oxygen atoms in total. The van der Waals surface area contributed by atoms with E-state index >= 15 is 0 Å². The summed E-state index contributed by atoms with van der Waals surface area (Å²) in [6, 6.07) is 8.79. The fraction of sp³-hybridized carbons (Fsp3) is 0.455. The van der Waals surface area contributed by atoms with Crippen LogP contribution >= 0.6 is 11.3 Å².